The smallest absolute Gasteiger partial charge is 0.249 e. The van der Waals surface area contributed by atoms with E-state index in [1.165, 1.54) is 33.4 Å². The number of nitriles is 2. The first-order valence-electron chi connectivity index (χ1n) is 13.6. The fourth-order valence-electron chi connectivity index (χ4n) is 5.32. The van der Waals surface area contributed by atoms with Gasteiger partial charge in [-0.1, -0.05) is 12.1 Å². The second-order valence-electron chi connectivity index (χ2n) is 10.7. The molecular weight excluding hydrogens is 504 g/mol. The SMILES string of the molecule is Cc1cc(-n2c[n+](C)c3c(C#N)cccc32)cc(C)c1C.Cc1cc(-n2cnc3c(C#N)cccc32)cc(C)c1C. The molecule has 0 atom stereocenters. The van der Waals surface area contributed by atoms with Gasteiger partial charge in [0.05, 0.1) is 18.1 Å². The maximum atomic E-state index is 9.29. The lowest BCUT2D eigenvalue weighted by atomic mass is 10.0. The topological polar surface area (TPSA) is 74.2 Å². The van der Waals surface area contributed by atoms with Crippen molar-refractivity contribution in [3.05, 3.63) is 118 Å². The summed E-state index contributed by atoms with van der Waals surface area (Å²) in [6.07, 6.45) is 3.82. The zero-order valence-electron chi connectivity index (χ0n) is 24.6. The largest absolute Gasteiger partial charge is 0.299 e. The van der Waals surface area contributed by atoms with E-state index < -0.39 is 0 Å². The third-order valence-electron chi connectivity index (χ3n) is 8.11. The lowest BCUT2D eigenvalue weighted by Gasteiger charge is -2.10. The van der Waals surface area contributed by atoms with Crippen LogP contribution in [0.2, 0.25) is 0 Å². The predicted molar refractivity (Wildman–Crippen MR) is 163 cm³/mol. The highest BCUT2D eigenvalue weighted by atomic mass is 15.1. The Kier molecular flexibility index (Phi) is 7.18. The molecule has 0 aliphatic heterocycles. The summed E-state index contributed by atoms with van der Waals surface area (Å²) in [6.45, 7) is 12.8. The Balaban J connectivity index is 0.000000165. The number of benzene rings is 4. The molecule has 202 valence electrons. The number of fused-ring (bicyclic) bond motifs is 2. The van der Waals surface area contributed by atoms with E-state index >= 15 is 0 Å². The number of hydrogen-bond donors (Lipinski definition) is 0. The molecule has 0 N–H and O–H groups in total. The summed E-state index contributed by atoms with van der Waals surface area (Å²) >= 11 is 0. The number of hydrogen-bond acceptors (Lipinski definition) is 3. The minimum Gasteiger partial charge on any atom is -0.299 e. The van der Waals surface area contributed by atoms with Crippen LogP contribution in [-0.2, 0) is 7.05 Å². The molecule has 6 rings (SSSR count). The summed E-state index contributed by atoms with van der Waals surface area (Å²) in [5.74, 6) is 0. The van der Waals surface area contributed by atoms with Gasteiger partial charge in [-0.05, 0) is 123 Å². The summed E-state index contributed by atoms with van der Waals surface area (Å²) in [7, 11) is 1.98. The minimum absolute atomic E-state index is 0.613. The molecule has 2 heterocycles. The molecule has 0 spiro atoms. The minimum atomic E-state index is 0.613. The van der Waals surface area contributed by atoms with Crippen LogP contribution in [-0.4, -0.2) is 14.1 Å². The van der Waals surface area contributed by atoms with Crippen molar-refractivity contribution in [1.82, 2.24) is 14.1 Å². The van der Waals surface area contributed by atoms with Crippen LogP contribution in [0.25, 0.3) is 33.4 Å². The summed E-state index contributed by atoms with van der Waals surface area (Å²) in [5.41, 5.74) is 15.0. The molecule has 2 aromatic heterocycles. The lowest BCUT2D eigenvalue weighted by Crippen LogP contribution is -2.26. The summed E-state index contributed by atoms with van der Waals surface area (Å²) in [6, 6.07) is 24.7. The number of rotatable bonds is 2. The van der Waals surface area contributed by atoms with Crippen LogP contribution in [0.4, 0.5) is 0 Å². The maximum absolute atomic E-state index is 9.29. The van der Waals surface area contributed by atoms with Gasteiger partial charge in [0.1, 0.15) is 35.2 Å². The average molecular weight is 538 g/mol. The van der Waals surface area contributed by atoms with Crippen LogP contribution in [0.1, 0.15) is 44.5 Å². The van der Waals surface area contributed by atoms with Gasteiger partial charge in [0, 0.05) is 5.69 Å². The van der Waals surface area contributed by atoms with Gasteiger partial charge in [-0.25, -0.2) is 9.55 Å². The van der Waals surface area contributed by atoms with Gasteiger partial charge in [0.15, 0.2) is 11.0 Å². The van der Waals surface area contributed by atoms with Gasteiger partial charge >= 0.3 is 0 Å². The Bertz CT molecular complexity index is 2000. The van der Waals surface area contributed by atoms with Crippen molar-refractivity contribution < 1.29 is 4.57 Å². The first-order chi connectivity index (χ1) is 19.6. The molecule has 6 nitrogen and oxygen atoms in total. The van der Waals surface area contributed by atoms with Crippen LogP contribution in [0.15, 0.2) is 73.3 Å². The van der Waals surface area contributed by atoms with Crippen molar-refractivity contribution in [2.45, 2.75) is 41.5 Å². The number of nitrogens with zero attached hydrogens (tertiary/aromatic N) is 6. The van der Waals surface area contributed by atoms with Crippen molar-refractivity contribution in [1.29, 1.82) is 10.5 Å². The molecule has 0 unspecified atom stereocenters. The second-order valence-corrected chi connectivity index (χ2v) is 10.7. The van der Waals surface area contributed by atoms with Gasteiger partial charge in [-0.15, -0.1) is 0 Å². The van der Waals surface area contributed by atoms with Gasteiger partial charge in [-0.3, -0.25) is 4.57 Å². The molecule has 0 radical (unpaired) electrons. The van der Waals surface area contributed by atoms with Crippen molar-refractivity contribution in [2.24, 2.45) is 7.05 Å². The standard InChI is InChI=1S/C18H18N3.C17H15N3/c1-12-8-16(9-13(2)14(12)3)21-11-20(4)18-15(10-19)6-5-7-17(18)21;1-11-7-15(8-12(2)13(11)3)20-10-19-17-14(9-18)5-4-6-16(17)20/h5-9,11H,1-4H3;4-8,10H,1-3H3/q+1;. The van der Waals surface area contributed by atoms with Gasteiger partial charge in [0.25, 0.3) is 0 Å². The maximum Gasteiger partial charge on any atom is 0.249 e. The van der Waals surface area contributed by atoms with Crippen LogP contribution in [0.5, 0.6) is 0 Å². The number of imidazole rings is 2. The van der Waals surface area contributed by atoms with E-state index in [0.29, 0.717) is 11.1 Å². The zero-order chi connectivity index (χ0) is 29.4. The van der Waals surface area contributed by atoms with Crippen LogP contribution in [0, 0.1) is 64.2 Å². The molecule has 0 amide bonds. The van der Waals surface area contributed by atoms with Gasteiger partial charge in [-0.2, -0.15) is 15.1 Å². The van der Waals surface area contributed by atoms with Crippen molar-refractivity contribution in [2.75, 3.05) is 0 Å². The number of para-hydroxylation sites is 2. The van der Waals surface area contributed by atoms with E-state index in [0.717, 1.165) is 33.4 Å². The molecule has 4 aromatic carbocycles. The molecule has 41 heavy (non-hydrogen) atoms. The molecule has 0 aliphatic rings. The Morgan fingerprint density at radius 2 is 1.15 bits per heavy atom. The quantitative estimate of drug-likeness (QED) is 0.222. The molecule has 0 saturated heterocycles. The Morgan fingerprint density at radius 3 is 1.68 bits per heavy atom. The van der Waals surface area contributed by atoms with E-state index in [9.17, 15) is 5.26 Å². The Labute approximate surface area is 241 Å². The van der Waals surface area contributed by atoms with Crippen molar-refractivity contribution in [3.8, 4) is 23.5 Å². The third kappa shape index (κ3) is 4.86. The Morgan fingerprint density at radius 1 is 0.659 bits per heavy atom. The van der Waals surface area contributed by atoms with Gasteiger partial charge < -0.3 is 0 Å². The monoisotopic (exact) mass is 537 g/mol. The average Bonchev–Trinajstić information content (AvgIpc) is 3.56. The number of aryl methyl sites for hydroxylation is 5. The summed E-state index contributed by atoms with van der Waals surface area (Å²) in [4.78, 5) is 4.39. The van der Waals surface area contributed by atoms with Crippen LogP contribution >= 0.6 is 0 Å². The summed E-state index contributed by atoms with van der Waals surface area (Å²) < 4.78 is 6.20. The molecule has 0 bridgehead atoms. The highest BCUT2D eigenvalue weighted by Gasteiger charge is 2.19. The Hall–Kier alpha value is -5.20. The van der Waals surface area contributed by atoms with Crippen LogP contribution < -0.4 is 4.57 Å². The van der Waals surface area contributed by atoms with Crippen molar-refractivity contribution in [3.63, 3.8) is 0 Å². The van der Waals surface area contributed by atoms with E-state index in [2.05, 4.69) is 93.6 Å². The van der Waals surface area contributed by atoms with Crippen molar-refractivity contribution >= 4 is 22.1 Å². The second kappa shape index (κ2) is 10.8. The first kappa shape index (κ1) is 27.4. The van der Waals surface area contributed by atoms with E-state index in [-0.39, 0.29) is 0 Å². The zero-order valence-corrected chi connectivity index (χ0v) is 24.6. The fourth-order valence-corrected chi connectivity index (χ4v) is 5.32. The number of aromatic nitrogens is 4. The van der Waals surface area contributed by atoms with Crippen LogP contribution in [0.3, 0.4) is 0 Å². The lowest BCUT2D eigenvalue weighted by molar-refractivity contribution is -0.645. The highest BCUT2D eigenvalue weighted by molar-refractivity contribution is 5.83. The van der Waals surface area contributed by atoms with E-state index in [1.54, 1.807) is 12.4 Å². The van der Waals surface area contributed by atoms with Gasteiger partial charge in [0.2, 0.25) is 6.33 Å². The fraction of sp³-hybridized carbons (Fsp3) is 0.200. The first-order valence-corrected chi connectivity index (χ1v) is 13.6. The molecule has 0 fully saturated rings. The molecule has 6 aromatic rings. The van der Waals surface area contributed by atoms with E-state index in [4.69, 9.17) is 5.26 Å². The summed E-state index contributed by atoms with van der Waals surface area (Å²) in [5, 5.41) is 18.4. The van der Waals surface area contributed by atoms with E-state index in [1.807, 2.05) is 46.8 Å². The third-order valence-corrected chi connectivity index (χ3v) is 8.11. The molecule has 6 heteroatoms. The highest BCUT2D eigenvalue weighted by Crippen LogP contribution is 2.25. The molecular formula is C35H33N6+. The predicted octanol–water partition coefficient (Wildman–Crippen LogP) is 7.07. The molecule has 0 aliphatic carbocycles. The normalized spacial score (nSPS) is 10.8. The molecule has 0 saturated carbocycles.